The molecule has 0 saturated carbocycles. The van der Waals surface area contributed by atoms with Crippen LogP contribution < -0.4 is 0 Å². The molecule has 0 bridgehead atoms. The number of aryl methyl sites for hydroxylation is 1. The maximum Gasteiger partial charge on any atom is 0.261 e. The molecule has 1 aromatic rings. The van der Waals surface area contributed by atoms with Crippen molar-refractivity contribution < 1.29 is 14.3 Å². The van der Waals surface area contributed by atoms with Gasteiger partial charge in [0.2, 0.25) is 0 Å². The molecule has 0 radical (unpaired) electrons. The minimum absolute atomic E-state index is 0.0447. The van der Waals surface area contributed by atoms with Crippen LogP contribution in [0, 0.1) is 6.92 Å². The Morgan fingerprint density at radius 2 is 2.00 bits per heavy atom. The monoisotopic (exact) mass is 217 g/mol. The zero-order valence-corrected chi connectivity index (χ0v) is 8.90. The van der Waals surface area contributed by atoms with Gasteiger partial charge in [0.25, 0.3) is 11.8 Å². The van der Waals surface area contributed by atoms with Crippen molar-refractivity contribution in [3.63, 3.8) is 0 Å². The highest BCUT2D eigenvalue weighted by Crippen LogP contribution is 2.25. The van der Waals surface area contributed by atoms with Crippen LogP contribution in [-0.2, 0) is 4.74 Å². The van der Waals surface area contributed by atoms with Gasteiger partial charge in [0.15, 0.2) is 0 Å². The molecule has 2 aliphatic heterocycles. The van der Waals surface area contributed by atoms with Gasteiger partial charge in [-0.15, -0.1) is 0 Å². The highest BCUT2D eigenvalue weighted by Gasteiger charge is 2.39. The van der Waals surface area contributed by atoms with Crippen LogP contribution in [0.3, 0.4) is 0 Å². The number of carbonyl (C=O) groups is 2. The van der Waals surface area contributed by atoms with E-state index in [-0.39, 0.29) is 17.9 Å². The molecule has 3 rings (SSSR count). The number of ether oxygens (including phenoxy) is 1. The Bertz CT molecular complexity index is 491. The van der Waals surface area contributed by atoms with E-state index in [0.717, 1.165) is 5.56 Å². The lowest BCUT2D eigenvalue weighted by atomic mass is 10.1. The lowest BCUT2D eigenvalue weighted by Gasteiger charge is -2.10. The number of benzene rings is 1. The third-order valence-corrected chi connectivity index (χ3v) is 2.91. The van der Waals surface area contributed by atoms with E-state index in [1.807, 2.05) is 13.0 Å². The number of amides is 2. The molecule has 1 saturated heterocycles. The van der Waals surface area contributed by atoms with Gasteiger partial charge >= 0.3 is 0 Å². The van der Waals surface area contributed by atoms with E-state index < -0.39 is 0 Å². The van der Waals surface area contributed by atoms with Gasteiger partial charge in [-0.05, 0) is 19.1 Å². The van der Waals surface area contributed by atoms with E-state index in [1.165, 1.54) is 4.90 Å². The fraction of sp³-hybridized carbons (Fsp3) is 0.333. The summed E-state index contributed by atoms with van der Waals surface area (Å²) in [5.74, 6) is -0.394. The molecule has 2 amide bonds. The Labute approximate surface area is 92.8 Å². The summed E-state index contributed by atoms with van der Waals surface area (Å²) in [7, 11) is 0. The summed E-state index contributed by atoms with van der Waals surface area (Å²) < 4.78 is 5.04. The second kappa shape index (κ2) is 3.15. The van der Waals surface area contributed by atoms with E-state index in [9.17, 15) is 9.59 Å². The highest BCUT2D eigenvalue weighted by atomic mass is 16.6. The van der Waals surface area contributed by atoms with Crippen LogP contribution in [0.2, 0.25) is 0 Å². The Hall–Kier alpha value is -1.68. The molecule has 2 aliphatic rings. The molecular weight excluding hydrogens is 206 g/mol. The first-order valence-electron chi connectivity index (χ1n) is 5.25. The minimum atomic E-state index is -0.199. The molecule has 4 nitrogen and oxygen atoms in total. The topological polar surface area (TPSA) is 49.9 Å². The average Bonchev–Trinajstić information content (AvgIpc) is 3.04. The Balaban J connectivity index is 1.98. The molecule has 82 valence electrons. The van der Waals surface area contributed by atoms with Crippen molar-refractivity contribution >= 4 is 11.8 Å². The second-order valence-corrected chi connectivity index (χ2v) is 4.23. The van der Waals surface area contributed by atoms with Crippen LogP contribution in [0.15, 0.2) is 18.2 Å². The first-order valence-corrected chi connectivity index (χ1v) is 5.25. The predicted octanol–water partition coefficient (Wildman–Crippen LogP) is 0.990. The first kappa shape index (κ1) is 9.54. The highest BCUT2D eigenvalue weighted by molar-refractivity contribution is 6.21. The SMILES string of the molecule is Cc1ccc2c(c1)C(=O)N(CC1CO1)C2=O. The van der Waals surface area contributed by atoms with Crippen molar-refractivity contribution in [3.8, 4) is 0 Å². The number of hydrogen-bond donors (Lipinski definition) is 0. The zero-order valence-electron chi connectivity index (χ0n) is 8.90. The molecule has 1 fully saturated rings. The molecule has 0 aromatic heterocycles. The van der Waals surface area contributed by atoms with E-state index in [1.54, 1.807) is 12.1 Å². The van der Waals surface area contributed by atoms with Gasteiger partial charge in [-0.3, -0.25) is 14.5 Å². The number of epoxide rings is 1. The van der Waals surface area contributed by atoms with Crippen LogP contribution in [0.5, 0.6) is 0 Å². The third kappa shape index (κ3) is 1.34. The Morgan fingerprint density at radius 3 is 2.69 bits per heavy atom. The Kier molecular flexibility index (Phi) is 1.88. The quantitative estimate of drug-likeness (QED) is 0.548. The molecule has 1 aromatic carbocycles. The molecular formula is C12H11NO3. The average molecular weight is 217 g/mol. The summed E-state index contributed by atoms with van der Waals surface area (Å²) in [5.41, 5.74) is 2.02. The molecule has 1 unspecified atom stereocenters. The second-order valence-electron chi connectivity index (χ2n) is 4.23. The van der Waals surface area contributed by atoms with Gasteiger partial charge in [0, 0.05) is 0 Å². The van der Waals surface area contributed by atoms with Gasteiger partial charge in [0.05, 0.1) is 30.4 Å². The lowest BCUT2D eigenvalue weighted by molar-refractivity contribution is 0.0642. The molecule has 0 N–H and O–H groups in total. The first-order chi connectivity index (χ1) is 7.66. The number of nitrogens with zero attached hydrogens (tertiary/aromatic N) is 1. The van der Waals surface area contributed by atoms with Crippen molar-refractivity contribution in [1.82, 2.24) is 4.90 Å². The normalized spacial score (nSPS) is 22.6. The molecule has 1 atom stereocenters. The van der Waals surface area contributed by atoms with Crippen LogP contribution in [0.1, 0.15) is 26.3 Å². The molecule has 16 heavy (non-hydrogen) atoms. The van der Waals surface area contributed by atoms with Crippen LogP contribution in [-0.4, -0.2) is 36.0 Å². The molecule has 0 spiro atoms. The summed E-state index contributed by atoms with van der Waals surface area (Å²) in [4.78, 5) is 25.2. The number of rotatable bonds is 2. The van der Waals surface area contributed by atoms with E-state index >= 15 is 0 Å². The maximum absolute atomic E-state index is 12.0. The fourth-order valence-corrected chi connectivity index (χ4v) is 1.95. The van der Waals surface area contributed by atoms with Crippen LogP contribution in [0.25, 0.3) is 0 Å². The lowest BCUT2D eigenvalue weighted by Crippen LogP contribution is -2.33. The smallest absolute Gasteiger partial charge is 0.261 e. The minimum Gasteiger partial charge on any atom is -0.371 e. The number of hydrogen-bond acceptors (Lipinski definition) is 3. The summed E-state index contributed by atoms with van der Waals surface area (Å²) in [6, 6.07) is 5.34. The standard InChI is InChI=1S/C12H11NO3/c1-7-2-3-9-10(4-7)12(15)13(11(9)14)5-8-6-16-8/h2-4,8H,5-6H2,1H3. The van der Waals surface area contributed by atoms with Gasteiger partial charge in [-0.1, -0.05) is 11.6 Å². The molecule has 0 aliphatic carbocycles. The van der Waals surface area contributed by atoms with Crippen LogP contribution >= 0.6 is 0 Å². The van der Waals surface area contributed by atoms with Gasteiger partial charge in [-0.25, -0.2) is 0 Å². The van der Waals surface area contributed by atoms with Crippen molar-refractivity contribution in [2.24, 2.45) is 0 Å². The van der Waals surface area contributed by atoms with Crippen molar-refractivity contribution in [1.29, 1.82) is 0 Å². The van der Waals surface area contributed by atoms with Gasteiger partial charge < -0.3 is 4.74 Å². The fourth-order valence-electron chi connectivity index (χ4n) is 1.95. The predicted molar refractivity (Wildman–Crippen MR) is 56.3 cm³/mol. The summed E-state index contributed by atoms with van der Waals surface area (Å²) in [6.07, 6.45) is 0.0447. The zero-order chi connectivity index (χ0) is 11.3. The summed E-state index contributed by atoms with van der Waals surface area (Å²) in [5, 5.41) is 0. The maximum atomic E-state index is 12.0. The van der Waals surface area contributed by atoms with Crippen molar-refractivity contribution in [3.05, 3.63) is 34.9 Å². The van der Waals surface area contributed by atoms with Gasteiger partial charge in [-0.2, -0.15) is 0 Å². The molecule has 4 heteroatoms. The largest absolute Gasteiger partial charge is 0.371 e. The Morgan fingerprint density at radius 1 is 1.31 bits per heavy atom. The number of fused-ring (bicyclic) bond motifs is 1. The van der Waals surface area contributed by atoms with Crippen LogP contribution in [0.4, 0.5) is 0 Å². The third-order valence-electron chi connectivity index (χ3n) is 2.91. The van der Waals surface area contributed by atoms with Crippen molar-refractivity contribution in [2.75, 3.05) is 13.2 Å². The molecule has 2 heterocycles. The van der Waals surface area contributed by atoms with E-state index in [2.05, 4.69) is 0 Å². The summed E-state index contributed by atoms with van der Waals surface area (Å²) >= 11 is 0. The van der Waals surface area contributed by atoms with Gasteiger partial charge in [0.1, 0.15) is 0 Å². The van der Waals surface area contributed by atoms with E-state index in [4.69, 9.17) is 4.74 Å². The number of imide groups is 1. The summed E-state index contributed by atoms with van der Waals surface area (Å²) in [6.45, 7) is 2.93. The number of carbonyl (C=O) groups excluding carboxylic acids is 2. The van der Waals surface area contributed by atoms with Crippen molar-refractivity contribution in [2.45, 2.75) is 13.0 Å². The van der Waals surface area contributed by atoms with E-state index in [0.29, 0.717) is 24.3 Å².